The lowest BCUT2D eigenvalue weighted by Gasteiger charge is -2.39. The summed E-state index contributed by atoms with van der Waals surface area (Å²) in [5.74, 6) is 1.24. The molecule has 0 bridgehead atoms. The van der Waals surface area contributed by atoms with E-state index in [0.29, 0.717) is 5.91 Å². The maximum absolute atomic E-state index is 12.6. The van der Waals surface area contributed by atoms with Crippen LogP contribution in [0.2, 0.25) is 0 Å². The highest BCUT2D eigenvalue weighted by Crippen LogP contribution is 2.14. The zero-order valence-electron chi connectivity index (χ0n) is 17.2. The van der Waals surface area contributed by atoms with Gasteiger partial charge in [-0.3, -0.25) is 14.7 Å². The summed E-state index contributed by atoms with van der Waals surface area (Å²) in [6.07, 6.45) is 5.14. The molecule has 158 valence electrons. The summed E-state index contributed by atoms with van der Waals surface area (Å²) in [6, 6.07) is -0.0200. The minimum absolute atomic E-state index is 0. The van der Waals surface area contributed by atoms with Crippen molar-refractivity contribution in [2.75, 3.05) is 52.9 Å². The Morgan fingerprint density at radius 3 is 2.46 bits per heavy atom. The summed E-state index contributed by atoms with van der Waals surface area (Å²) in [6.45, 7) is 10.4. The van der Waals surface area contributed by atoms with Gasteiger partial charge in [-0.1, -0.05) is 0 Å². The molecular weight excluding hydrogens is 487 g/mol. The van der Waals surface area contributed by atoms with Gasteiger partial charge in [-0.25, -0.2) is 4.98 Å². The molecule has 7 nitrogen and oxygen atoms in total. The summed E-state index contributed by atoms with van der Waals surface area (Å²) in [4.78, 5) is 29.3. The third kappa shape index (κ3) is 6.03. The number of hydrogen-bond acceptors (Lipinski definition) is 5. The predicted molar refractivity (Wildman–Crippen MR) is 126 cm³/mol. The van der Waals surface area contributed by atoms with Gasteiger partial charge in [-0.05, 0) is 26.7 Å². The molecule has 1 unspecified atom stereocenters. The number of aryl methyl sites for hydroxylation is 1. The van der Waals surface area contributed by atoms with E-state index in [2.05, 4.69) is 38.9 Å². The molecule has 1 amide bonds. The van der Waals surface area contributed by atoms with Crippen LogP contribution in [0.4, 0.5) is 0 Å². The number of carbonyl (C=O) groups excluding carboxylic acids is 1. The largest absolute Gasteiger partial charge is 0.356 e. The van der Waals surface area contributed by atoms with Crippen molar-refractivity contribution in [3.05, 3.63) is 16.1 Å². The molecule has 1 atom stereocenters. The Balaban J connectivity index is 0.00000280. The molecule has 0 saturated carbocycles. The maximum atomic E-state index is 12.6. The van der Waals surface area contributed by atoms with Gasteiger partial charge >= 0.3 is 0 Å². The Labute approximate surface area is 189 Å². The Morgan fingerprint density at radius 2 is 1.89 bits per heavy atom. The second kappa shape index (κ2) is 11.3. The number of nitrogens with one attached hydrogen (secondary N) is 1. The highest BCUT2D eigenvalue weighted by Gasteiger charge is 2.30. The topological polar surface area (TPSA) is 64.1 Å². The number of thiazole rings is 1. The molecule has 0 radical (unpaired) electrons. The van der Waals surface area contributed by atoms with E-state index in [0.717, 1.165) is 76.0 Å². The summed E-state index contributed by atoms with van der Waals surface area (Å²) in [5.41, 5.74) is 0. The second-order valence-corrected chi connectivity index (χ2v) is 8.64. The summed E-state index contributed by atoms with van der Waals surface area (Å²) >= 11 is 1.75. The van der Waals surface area contributed by atoms with Crippen LogP contribution in [0.1, 0.15) is 29.7 Å². The SMILES string of the molecule is CN=C(NCCc1ncc(C)s1)N1CCN(C(C)C(=O)N2CCCC2)CC1.I. The van der Waals surface area contributed by atoms with Gasteiger partial charge in [0.15, 0.2) is 5.96 Å². The first-order valence-corrected chi connectivity index (χ1v) is 10.8. The van der Waals surface area contributed by atoms with Crippen molar-refractivity contribution in [1.29, 1.82) is 0 Å². The van der Waals surface area contributed by atoms with E-state index in [1.54, 1.807) is 11.3 Å². The maximum Gasteiger partial charge on any atom is 0.239 e. The third-order valence-corrected chi connectivity index (χ3v) is 6.41. The van der Waals surface area contributed by atoms with Crippen LogP contribution in [-0.2, 0) is 11.2 Å². The van der Waals surface area contributed by atoms with Crippen molar-refractivity contribution in [2.45, 2.75) is 39.2 Å². The molecule has 0 aliphatic carbocycles. The molecule has 2 aliphatic rings. The Bertz CT molecular complexity index is 653. The summed E-state index contributed by atoms with van der Waals surface area (Å²) < 4.78 is 0. The number of likely N-dealkylation sites (tertiary alicyclic amines) is 1. The van der Waals surface area contributed by atoms with E-state index in [-0.39, 0.29) is 30.0 Å². The number of amides is 1. The highest BCUT2D eigenvalue weighted by molar-refractivity contribution is 14.0. The molecule has 2 fully saturated rings. The first kappa shape index (κ1) is 23.3. The molecule has 3 rings (SSSR count). The predicted octanol–water partition coefficient (Wildman–Crippen LogP) is 1.82. The number of hydrogen-bond donors (Lipinski definition) is 1. The number of aromatic nitrogens is 1. The molecule has 0 spiro atoms. The number of carbonyl (C=O) groups is 1. The van der Waals surface area contributed by atoms with E-state index in [9.17, 15) is 4.79 Å². The summed E-state index contributed by atoms with van der Waals surface area (Å²) in [7, 11) is 1.84. The van der Waals surface area contributed by atoms with Crippen LogP contribution in [0.25, 0.3) is 0 Å². The molecule has 9 heteroatoms. The fourth-order valence-corrected chi connectivity index (χ4v) is 4.60. The lowest BCUT2D eigenvalue weighted by molar-refractivity contribution is -0.135. The molecule has 3 heterocycles. The molecule has 2 aliphatic heterocycles. The average molecular weight is 520 g/mol. The van der Waals surface area contributed by atoms with Gasteiger partial charge < -0.3 is 15.1 Å². The van der Waals surface area contributed by atoms with Gasteiger partial charge in [0.2, 0.25) is 5.91 Å². The Kier molecular flexibility index (Phi) is 9.42. The Morgan fingerprint density at radius 1 is 1.21 bits per heavy atom. The van der Waals surface area contributed by atoms with Crippen molar-refractivity contribution in [1.82, 2.24) is 25.0 Å². The second-order valence-electron chi connectivity index (χ2n) is 7.32. The zero-order valence-corrected chi connectivity index (χ0v) is 20.3. The van der Waals surface area contributed by atoms with Crippen LogP contribution in [0.5, 0.6) is 0 Å². The number of rotatable bonds is 5. The average Bonchev–Trinajstić information content (AvgIpc) is 3.36. The van der Waals surface area contributed by atoms with E-state index in [1.807, 2.05) is 18.1 Å². The molecule has 1 aromatic heterocycles. The van der Waals surface area contributed by atoms with Crippen LogP contribution >= 0.6 is 35.3 Å². The normalized spacial score (nSPS) is 19.5. The molecule has 2 saturated heterocycles. The van der Waals surface area contributed by atoms with Crippen molar-refractivity contribution in [3.63, 3.8) is 0 Å². The van der Waals surface area contributed by atoms with Crippen molar-refractivity contribution in [3.8, 4) is 0 Å². The quantitative estimate of drug-likeness (QED) is 0.365. The van der Waals surface area contributed by atoms with Gasteiger partial charge in [-0.2, -0.15) is 0 Å². The molecule has 1 N–H and O–H groups in total. The van der Waals surface area contributed by atoms with Crippen LogP contribution in [-0.4, -0.2) is 90.5 Å². The van der Waals surface area contributed by atoms with Crippen LogP contribution in [0.15, 0.2) is 11.2 Å². The fourth-order valence-electron chi connectivity index (χ4n) is 3.81. The van der Waals surface area contributed by atoms with Crippen LogP contribution in [0.3, 0.4) is 0 Å². The first-order chi connectivity index (χ1) is 13.1. The monoisotopic (exact) mass is 520 g/mol. The minimum atomic E-state index is -0.0200. The van der Waals surface area contributed by atoms with Gasteiger partial charge in [0.1, 0.15) is 0 Å². The molecule has 0 aromatic carbocycles. The van der Waals surface area contributed by atoms with E-state index >= 15 is 0 Å². The minimum Gasteiger partial charge on any atom is -0.356 e. The number of guanidine groups is 1. The van der Waals surface area contributed by atoms with Crippen LogP contribution in [0, 0.1) is 6.92 Å². The van der Waals surface area contributed by atoms with Crippen LogP contribution < -0.4 is 5.32 Å². The van der Waals surface area contributed by atoms with E-state index in [4.69, 9.17) is 0 Å². The smallest absolute Gasteiger partial charge is 0.239 e. The van der Waals surface area contributed by atoms with Crippen molar-refractivity contribution < 1.29 is 4.79 Å². The van der Waals surface area contributed by atoms with E-state index in [1.165, 1.54) is 4.88 Å². The first-order valence-electron chi connectivity index (χ1n) is 9.98. The number of halogens is 1. The van der Waals surface area contributed by atoms with Gasteiger partial charge in [0, 0.05) is 70.4 Å². The van der Waals surface area contributed by atoms with E-state index < -0.39 is 0 Å². The lowest BCUT2D eigenvalue weighted by atomic mass is 10.2. The number of aliphatic imine (C=N–C) groups is 1. The standard InChI is InChI=1S/C19H32N6OS.HI/c1-15-14-22-17(27-15)6-7-21-19(20-3)25-12-10-23(11-13-25)16(2)18(26)24-8-4-5-9-24;/h14,16H,4-13H2,1-3H3,(H,20,21);1H. The van der Waals surface area contributed by atoms with Gasteiger partial charge in [0.25, 0.3) is 0 Å². The lowest BCUT2D eigenvalue weighted by Crippen LogP contribution is -2.57. The van der Waals surface area contributed by atoms with Crippen molar-refractivity contribution in [2.24, 2.45) is 4.99 Å². The van der Waals surface area contributed by atoms with Crippen molar-refractivity contribution >= 4 is 47.2 Å². The third-order valence-electron chi connectivity index (χ3n) is 5.44. The molecule has 1 aromatic rings. The molecule has 28 heavy (non-hydrogen) atoms. The Hall–Kier alpha value is -0.940. The zero-order chi connectivity index (χ0) is 19.2. The number of piperazine rings is 1. The fraction of sp³-hybridized carbons (Fsp3) is 0.737. The summed E-state index contributed by atoms with van der Waals surface area (Å²) in [5, 5.41) is 4.62. The van der Waals surface area contributed by atoms with Gasteiger partial charge in [0.05, 0.1) is 11.0 Å². The highest BCUT2D eigenvalue weighted by atomic mass is 127. The van der Waals surface area contributed by atoms with Gasteiger partial charge in [-0.15, -0.1) is 35.3 Å². The molecular formula is C19H33IN6OS. The number of nitrogens with zero attached hydrogens (tertiary/aromatic N) is 5.